The maximum atomic E-state index is 11.8. The smallest absolute Gasteiger partial charge is 0.310 e. The third-order valence-electron chi connectivity index (χ3n) is 4.29. The molecule has 2 aliphatic rings. The van der Waals surface area contributed by atoms with E-state index in [4.69, 9.17) is 0 Å². The normalized spacial score (nSPS) is 29.1. The zero-order valence-corrected chi connectivity index (χ0v) is 11.4. The lowest BCUT2D eigenvalue weighted by Gasteiger charge is -2.31. The Morgan fingerprint density at radius 3 is 2.50 bits per heavy atom. The van der Waals surface area contributed by atoms with Gasteiger partial charge in [-0.1, -0.05) is 6.92 Å². The highest BCUT2D eigenvalue weighted by atomic mass is 16.2. The van der Waals surface area contributed by atoms with Gasteiger partial charge in [0.15, 0.2) is 0 Å². The Morgan fingerprint density at radius 2 is 1.89 bits per heavy atom. The van der Waals surface area contributed by atoms with Crippen LogP contribution in [-0.4, -0.2) is 53.5 Å². The lowest BCUT2D eigenvalue weighted by molar-refractivity contribution is -0.126. The molecule has 18 heavy (non-hydrogen) atoms. The molecule has 0 aromatic carbocycles. The van der Waals surface area contributed by atoms with Crippen LogP contribution in [0.1, 0.15) is 39.5 Å². The number of carbonyl (C=O) groups is 2. The second kappa shape index (κ2) is 5.26. The zero-order valence-electron chi connectivity index (χ0n) is 11.4. The van der Waals surface area contributed by atoms with E-state index in [9.17, 15) is 9.59 Å². The summed E-state index contributed by atoms with van der Waals surface area (Å²) in [5, 5.41) is 2.42. The minimum Gasteiger partial charge on any atom is -0.310 e. The van der Waals surface area contributed by atoms with E-state index >= 15 is 0 Å². The number of hydrogen-bond donors (Lipinski definition) is 1. The number of urea groups is 1. The maximum absolute atomic E-state index is 11.8. The molecule has 5 nitrogen and oxygen atoms in total. The largest absolute Gasteiger partial charge is 0.325 e. The van der Waals surface area contributed by atoms with Crippen molar-refractivity contribution in [2.75, 3.05) is 26.2 Å². The van der Waals surface area contributed by atoms with E-state index < -0.39 is 5.54 Å². The molecule has 0 spiro atoms. The molecule has 5 heteroatoms. The van der Waals surface area contributed by atoms with Gasteiger partial charge in [-0.2, -0.15) is 0 Å². The van der Waals surface area contributed by atoms with E-state index in [0.29, 0.717) is 13.0 Å². The van der Waals surface area contributed by atoms with Gasteiger partial charge in [-0.3, -0.25) is 10.1 Å². The minimum absolute atomic E-state index is 0.156. The Morgan fingerprint density at radius 1 is 1.22 bits per heavy atom. The molecule has 0 aromatic heterocycles. The van der Waals surface area contributed by atoms with Crippen molar-refractivity contribution >= 4 is 11.9 Å². The summed E-state index contributed by atoms with van der Waals surface area (Å²) < 4.78 is 0. The molecule has 2 fully saturated rings. The van der Waals surface area contributed by atoms with Gasteiger partial charge in [-0.05, 0) is 52.2 Å². The molecular weight excluding hydrogens is 230 g/mol. The lowest BCUT2D eigenvalue weighted by Crippen LogP contribution is -2.47. The van der Waals surface area contributed by atoms with Gasteiger partial charge in [-0.25, -0.2) is 4.79 Å². The first-order valence-electron chi connectivity index (χ1n) is 6.93. The van der Waals surface area contributed by atoms with Crippen LogP contribution in [0.2, 0.25) is 0 Å². The molecule has 0 saturated carbocycles. The van der Waals surface area contributed by atoms with E-state index in [1.807, 2.05) is 13.8 Å². The molecule has 102 valence electrons. The van der Waals surface area contributed by atoms with Gasteiger partial charge in [0.05, 0.1) is 0 Å². The van der Waals surface area contributed by atoms with Gasteiger partial charge >= 0.3 is 6.03 Å². The molecular formula is C13H23N3O2. The monoisotopic (exact) mass is 253 g/mol. The Bertz CT molecular complexity index is 339. The van der Waals surface area contributed by atoms with Crippen LogP contribution in [-0.2, 0) is 4.79 Å². The van der Waals surface area contributed by atoms with E-state index in [1.165, 1.54) is 25.9 Å². The molecule has 2 rings (SSSR count). The summed E-state index contributed by atoms with van der Waals surface area (Å²) in [5.41, 5.74) is -0.651. The van der Waals surface area contributed by atoms with Crippen LogP contribution in [0.3, 0.4) is 0 Å². The molecule has 1 N–H and O–H groups in total. The van der Waals surface area contributed by atoms with E-state index in [1.54, 1.807) is 4.90 Å². The highest BCUT2D eigenvalue weighted by Gasteiger charge is 2.47. The average Bonchev–Trinajstić information content (AvgIpc) is 2.92. The van der Waals surface area contributed by atoms with Crippen LogP contribution >= 0.6 is 0 Å². The van der Waals surface area contributed by atoms with Gasteiger partial charge in [0.2, 0.25) is 0 Å². The standard InChI is InChI=1S/C13H23N3O2/c1-3-13(2)11(17)14-12(18)16(13)10-6-9-15-7-4-5-8-15/h3-10H2,1-2H3,(H,14,17,18). The van der Waals surface area contributed by atoms with Crippen LogP contribution in [0, 0.1) is 0 Å². The Kier molecular flexibility index (Phi) is 3.90. The molecule has 2 heterocycles. The van der Waals surface area contributed by atoms with E-state index in [-0.39, 0.29) is 11.9 Å². The molecule has 1 atom stereocenters. The van der Waals surface area contributed by atoms with Crippen molar-refractivity contribution in [1.29, 1.82) is 0 Å². The summed E-state index contributed by atoms with van der Waals surface area (Å²) in [6, 6.07) is -0.231. The Labute approximate surface area is 108 Å². The predicted molar refractivity (Wildman–Crippen MR) is 69.2 cm³/mol. The molecule has 0 aromatic rings. The Hall–Kier alpha value is -1.10. The summed E-state index contributed by atoms with van der Waals surface area (Å²) in [6.07, 6.45) is 4.18. The summed E-state index contributed by atoms with van der Waals surface area (Å²) in [6.45, 7) is 7.84. The number of carbonyl (C=O) groups excluding carboxylic acids is 2. The molecule has 2 saturated heterocycles. The van der Waals surface area contributed by atoms with Crippen LogP contribution in [0.4, 0.5) is 4.79 Å². The highest BCUT2D eigenvalue weighted by molar-refractivity contribution is 6.06. The summed E-state index contributed by atoms with van der Waals surface area (Å²) >= 11 is 0. The fourth-order valence-electron chi connectivity index (χ4n) is 2.80. The van der Waals surface area contributed by atoms with Crippen molar-refractivity contribution in [3.8, 4) is 0 Å². The fourth-order valence-corrected chi connectivity index (χ4v) is 2.80. The third kappa shape index (κ3) is 2.36. The van der Waals surface area contributed by atoms with Crippen molar-refractivity contribution in [3.63, 3.8) is 0 Å². The van der Waals surface area contributed by atoms with Crippen molar-refractivity contribution in [1.82, 2.24) is 15.1 Å². The Balaban J connectivity index is 1.86. The second-order valence-corrected chi connectivity index (χ2v) is 5.44. The first-order chi connectivity index (χ1) is 8.58. The fraction of sp³-hybridized carbons (Fsp3) is 0.846. The first kappa shape index (κ1) is 13.3. The predicted octanol–water partition coefficient (Wildman–Crippen LogP) is 1.19. The number of hydrogen-bond acceptors (Lipinski definition) is 3. The number of rotatable bonds is 5. The minimum atomic E-state index is -0.651. The number of imide groups is 1. The van der Waals surface area contributed by atoms with Crippen LogP contribution in [0.15, 0.2) is 0 Å². The molecule has 2 aliphatic heterocycles. The van der Waals surface area contributed by atoms with Crippen LogP contribution < -0.4 is 5.32 Å². The summed E-state index contributed by atoms with van der Waals surface area (Å²) in [4.78, 5) is 27.7. The average molecular weight is 253 g/mol. The van der Waals surface area contributed by atoms with E-state index in [2.05, 4.69) is 10.2 Å². The molecule has 3 amide bonds. The van der Waals surface area contributed by atoms with Gasteiger partial charge < -0.3 is 9.80 Å². The van der Waals surface area contributed by atoms with Crippen molar-refractivity contribution in [2.24, 2.45) is 0 Å². The summed E-state index contributed by atoms with van der Waals surface area (Å²) in [5.74, 6) is -0.156. The van der Waals surface area contributed by atoms with Gasteiger partial charge in [-0.15, -0.1) is 0 Å². The van der Waals surface area contributed by atoms with Crippen LogP contribution in [0.5, 0.6) is 0 Å². The number of nitrogens with zero attached hydrogens (tertiary/aromatic N) is 2. The highest BCUT2D eigenvalue weighted by Crippen LogP contribution is 2.25. The SMILES string of the molecule is CCC1(C)C(=O)NC(=O)N1CCCN1CCCC1. The van der Waals surface area contributed by atoms with E-state index in [0.717, 1.165) is 13.0 Å². The molecule has 0 bridgehead atoms. The maximum Gasteiger partial charge on any atom is 0.325 e. The number of amides is 3. The lowest BCUT2D eigenvalue weighted by atomic mass is 9.97. The number of likely N-dealkylation sites (tertiary alicyclic amines) is 1. The van der Waals surface area contributed by atoms with Gasteiger partial charge in [0, 0.05) is 6.54 Å². The first-order valence-corrected chi connectivity index (χ1v) is 6.93. The van der Waals surface area contributed by atoms with Gasteiger partial charge in [0.1, 0.15) is 5.54 Å². The molecule has 0 aliphatic carbocycles. The van der Waals surface area contributed by atoms with Crippen molar-refractivity contribution < 1.29 is 9.59 Å². The second-order valence-electron chi connectivity index (χ2n) is 5.44. The quantitative estimate of drug-likeness (QED) is 0.749. The van der Waals surface area contributed by atoms with Crippen molar-refractivity contribution in [3.05, 3.63) is 0 Å². The number of nitrogens with one attached hydrogen (secondary N) is 1. The third-order valence-corrected chi connectivity index (χ3v) is 4.29. The molecule has 1 unspecified atom stereocenters. The molecule has 0 radical (unpaired) electrons. The zero-order chi connectivity index (χ0) is 13.2. The summed E-state index contributed by atoms with van der Waals surface area (Å²) in [7, 11) is 0. The van der Waals surface area contributed by atoms with Crippen molar-refractivity contribution in [2.45, 2.75) is 45.1 Å². The topological polar surface area (TPSA) is 52.7 Å². The van der Waals surface area contributed by atoms with Crippen LogP contribution in [0.25, 0.3) is 0 Å². The van der Waals surface area contributed by atoms with Gasteiger partial charge in [0.25, 0.3) is 5.91 Å².